The minimum atomic E-state index is -4.11. The number of aromatic amines is 4. The van der Waals surface area contributed by atoms with Gasteiger partial charge < -0.3 is 71.1 Å². The Morgan fingerprint density at radius 1 is 0.464 bits per heavy atom. The van der Waals surface area contributed by atoms with Gasteiger partial charge in [0, 0.05) is 81.6 Å². The number of aromatic carboxylic acids is 2. The van der Waals surface area contributed by atoms with Crippen LogP contribution in [-0.2, 0) is 46.2 Å². The first-order chi connectivity index (χ1) is 67.1. The molecule has 7 aromatic carbocycles. The summed E-state index contributed by atoms with van der Waals surface area (Å²) in [6.45, 7) is 3.01. The summed E-state index contributed by atoms with van der Waals surface area (Å²) in [7, 11) is -7.94. The third kappa shape index (κ3) is 17.0. The van der Waals surface area contributed by atoms with E-state index in [2.05, 4.69) is 50.6 Å². The lowest BCUT2D eigenvalue weighted by atomic mass is 10.0. The van der Waals surface area contributed by atoms with Crippen LogP contribution in [0.3, 0.4) is 0 Å². The summed E-state index contributed by atoms with van der Waals surface area (Å²) in [5.41, 5.74) is 3.62. The normalized spacial score (nSPS) is 12.5. The zero-order chi connectivity index (χ0) is 98.5. The van der Waals surface area contributed by atoms with E-state index >= 15 is 4.39 Å². The van der Waals surface area contributed by atoms with Crippen molar-refractivity contribution in [1.29, 1.82) is 0 Å². The Morgan fingerprint density at radius 3 is 1.49 bits per heavy atom. The van der Waals surface area contributed by atoms with Crippen molar-refractivity contribution >= 4 is 159 Å². The molecule has 0 radical (unpaired) electrons. The molecule has 8 N–H and O–H groups in total. The summed E-state index contributed by atoms with van der Waals surface area (Å²) in [4.78, 5) is 122. The van der Waals surface area contributed by atoms with E-state index in [-0.39, 0.29) is 153 Å². The number of carboxylic acid groups (broad SMARTS) is 2. The van der Waals surface area contributed by atoms with E-state index in [4.69, 9.17) is 34.3 Å². The van der Waals surface area contributed by atoms with E-state index in [9.17, 15) is 87.4 Å². The number of aromatic nitrogens is 10. The number of sulfonamides is 2. The first-order valence-electron chi connectivity index (χ1n) is 42.3. The van der Waals surface area contributed by atoms with Crippen molar-refractivity contribution in [2.75, 3.05) is 13.0 Å². The molecular formula is C99H68BrClF6N12O19S2. The number of carbonyl (C=O) groups is 4. The summed E-state index contributed by atoms with van der Waals surface area (Å²) in [5, 5.41) is 23.2. The second-order valence-electron chi connectivity index (χ2n) is 32.7. The molecule has 1 aliphatic heterocycles. The number of hydrogen-bond acceptors (Lipinski definition) is 19. The van der Waals surface area contributed by atoms with Gasteiger partial charge in [0.1, 0.15) is 78.4 Å². The Labute approximate surface area is 795 Å². The first-order valence-corrected chi connectivity index (χ1v) is 46.9. The fourth-order valence-electron chi connectivity index (χ4n) is 17.6. The largest absolute Gasteiger partial charge is 0.477 e. The number of hydrogen-bond donors (Lipinski definition) is 8. The summed E-state index contributed by atoms with van der Waals surface area (Å²) in [6, 6.07) is 44.7. The SMILES string of the molecule is CS(=O)(=O)NC(=O)c1c(-c2ccc[nH]c2=O)c2c3c(c(F)cc2n1Cc1cc(F)ccc1F)OCO3.Cc1ccc2cc(Cn3c(C(=O)O)c(-c4ccc[nH]c4=O)c4c5occc5c(F)cc43)c(Cl)nc2c1.Cc1ccccc1Cn1c(C(=O)NS(=O)(=O)C2CC2)c(-c2ccc[nH]c2=O)c2c3occc3ccc21.O=C(O)c1c(-c2ccc[nH]c2=O)c2c3occc3c(F)cc2n1Cc1nc(Br)ccc1F. The van der Waals surface area contributed by atoms with Crippen molar-refractivity contribution in [2.24, 2.45) is 0 Å². The number of rotatable bonds is 19. The Balaban J connectivity index is 0.000000119. The van der Waals surface area contributed by atoms with Crippen LogP contribution in [0.2, 0.25) is 5.15 Å². The summed E-state index contributed by atoms with van der Waals surface area (Å²) >= 11 is 9.70. The van der Waals surface area contributed by atoms with Gasteiger partial charge in [-0.15, -0.1) is 0 Å². The van der Waals surface area contributed by atoms with Gasteiger partial charge in [0.05, 0.1) is 138 Å². The number of fused-ring (bicyclic) bond motifs is 13. The van der Waals surface area contributed by atoms with E-state index < -0.39 is 118 Å². The number of nitrogens with one attached hydrogen (secondary N) is 6. The van der Waals surface area contributed by atoms with E-state index in [1.54, 1.807) is 35.1 Å². The Morgan fingerprint density at radius 2 is 0.936 bits per heavy atom. The lowest BCUT2D eigenvalue weighted by molar-refractivity contribution is 0.0676. The zero-order valence-corrected chi connectivity index (χ0v) is 76.6. The maximum absolute atomic E-state index is 15.1. The van der Waals surface area contributed by atoms with E-state index in [1.165, 1.54) is 101 Å². The van der Waals surface area contributed by atoms with Crippen molar-refractivity contribution in [1.82, 2.24) is 57.6 Å². The fourth-order valence-corrected chi connectivity index (χ4v) is 19.8. The maximum atomic E-state index is 15.1. The molecule has 0 saturated heterocycles. The lowest BCUT2D eigenvalue weighted by Crippen LogP contribution is -2.35. The number of pyridine rings is 6. The van der Waals surface area contributed by atoms with Gasteiger partial charge in [0.15, 0.2) is 11.6 Å². The van der Waals surface area contributed by atoms with Crippen LogP contribution in [0, 0.1) is 48.8 Å². The number of aryl methyl sites for hydroxylation is 2. The highest BCUT2D eigenvalue weighted by Gasteiger charge is 2.41. The monoisotopic (exact) mass is 2020 g/mol. The molecule has 1 fully saturated rings. The predicted octanol–water partition coefficient (Wildman–Crippen LogP) is 18.3. The molecule has 0 atom stereocenters. The predicted molar refractivity (Wildman–Crippen MR) is 510 cm³/mol. The van der Waals surface area contributed by atoms with Crippen molar-refractivity contribution < 1.29 is 95.3 Å². The number of halogens is 8. The Kier molecular flexibility index (Phi) is 24.1. The molecule has 0 spiro atoms. The van der Waals surface area contributed by atoms with Gasteiger partial charge in [-0.25, -0.2) is 72.2 Å². The molecule has 1 saturated carbocycles. The number of nitrogens with zero attached hydrogens (tertiary/aromatic N) is 6. The quantitative estimate of drug-likeness (QED) is 0.0275. The maximum Gasteiger partial charge on any atom is 0.353 e. The molecular weight excluding hydrogens is 1950 g/mol. The highest BCUT2D eigenvalue weighted by molar-refractivity contribution is 9.10. The molecule has 41 heteroatoms. The molecule has 1 aliphatic carbocycles. The van der Waals surface area contributed by atoms with Crippen LogP contribution in [0.5, 0.6) is 11.5 Å². The minimum Gasteiger partial charge on any atom is -0.477 e. The van der Waals surface area contributed by atoms with Crippen LogP contribution in [0.15, 0.2) is 257 Å². The number of H-pyrrole nitrogens is 4. The summed E-state index contributed by atoms with van der Waals surface area (Å²) in [5.74, 6) is -9.39. The smallest absolute Gasteiger partial charge is 0.353 e. The molecule has 706 valence electrons. The molecule has 22 rings (SSSR count). The van der Waals surface area contributed by atoms with Gasteiger partial charge in [-0.2, -0.15) is 0 Å². The number of amides is 2. The van der Waals surface area contributed by atoms with Crippen molar-refractivity contribution in [3.8, 4) is 56.0 Å². The number of carboxylic acids is 2. The average molecular weight is 2020 g/mol. The van der Waals surface area contributed by atoms with Crippen molar-refractivity contribution in [3.05, 3.63) is 362 Å². The Bertz CT molecular complexity index is 9170. The second kappa shape index (κ2) is 36.5. The number of furan rings is 3. The molecule has 14 heterocycles. The molecule has 2 amide bonds. The van der Waals surface area contributed by atoms with Crippen LogP contribution < -0.4 is 41.2 Å². The summed E-state index contributed by atoms with van der Waals surface area (Å²) in [6.07, 6.45) is 11.7. The molecule has 13 aromatic heterocycles. The number of ether oxygens (including phenoxy) is 2. The van der Waals surface area contributed by atoms with E-state index in [0.29, 0.717) is 62.5 Å². The van der Waals surface area contributed by atoms with E-state index in [1.807, 2.05) is 85.3 Å². The van der Waals surface area contributed by atoms with Gasteiger partial charge in [-0.1, -0.05) is 48.0 Å². The van der Waals surface area contributed by atoms with Crippen LogP contribution in [0.25, 0.3) is 132 Å². The van der Waals surface area contributed by atoms with Crippen molar-refractivity contribution in [2.45, 2.75) is 58.1 Å². The molecule has 0 unspecified atom stereocenters. The van der Waals surface area contributed by atoms with Crippen molar-refractivity contribution in [3.63, 3.8) is 0 Å². The second-order valence-corrected chi connectivity index (χ2v) is 37.6. The number of benzene rings is 7. The minimum absolute atomic E-state index is 0.0236. The van der Waals surface area contributed by atoms with Crippen LogP contribution >= 0.6 is 27.5 Å². The van der Waals surface area contributed by atoms with Gasteiger partial charge in [0.25, 0.3) is 34.1 Å². The van der Waals surface area contributed by atoms with Gasteiger partial charge in [-0.05, 0) is 193 Å². The first kappa shape index (κ1) is 92.5. The van der Waals surface area contributed by atoms with Gasteiger partial charge >= 0.3 is 11.9 Å². The standard InChI is InChI=1S/C27H17ClFN3O4.C27H23N3O5S.C23H16F3N3O6S.C22H12BrF2N3O4/c1-13-4-5-14-10-15(25(28)31-19(14)9-13)12-32-20-11-18(29)16-6-8-36-24(16)22(20)21(23(32)27(34)35)17-3-2-7-30-26(17)33;1-16-5-2-3-6-18(16)15-30-21-11-8-17-12-14-35-25(17)23(21)22(20-7-4-13-28-26(20)31)24(30)27(32)29-36(33,34)19-9-10-19;1-36(32,33)28-23(31)19-17(13-3-2-6-27-22(13)30)18-16(8-15(26)20-21(18)35-10-34-20)29(19)9-11-7-12(24)4-5-14(11)25;23-16-4-3-12(24)14(27-16)9-28-15-8-13(25)10-5-7-32-20(10)18(15)17(19(28)22(30)31)11-2-1-6-26-21(11)29/h2-11H,12H2,1H3,(H,30,33)(H,34,35);2-8,11-14,19H,9-10,15H2,1H3,(H,28,31)(H,29,32);2-8H,9-10H2,1H3,(H,27,30)(H,28,31);1-8H,9H2,(H,26,29)(H,30,31). The van der Waals surface area contributed by atoms with Crippen LogP contribution in [0.4, 0.5) is 26.3 Å². The lowest BCUT2D eigenvalue weighted by Gasteiger charge is -2.14. The number of carbonyl (C=O) groups excluding carboxylic acids is 2. The van der Waals surface area contributed by atoms with Crippen LogP contribution in [-0.4, -0.2) is 117 Å². The third-order valence-electron chi connectivity index (χ3n) is 23.8. The molecule has 0 bridgehead atoms. The molecule has 140 heavy (non-hydrogen) atoms. The zero-order valence-electron chi connectivity index (χ0n) is 72.7. The highest BCUT2D eigenvalue weighted by Crippen LogP contribution is 2.50. The van der Waals surface area contributed by atoms with Crippen LogP contribution in [0.1, 0.15) is 88.3 Å². The molecule has 20 aromatic rings. The average Bonchev–Trinajstić information content (AvgIpc) is 1.58. The highest BCUT2D eigenvalue weighted by atomic mass is 79.9. The summed E-state index contributed by atoms with van der Waals surface area (Å²) < 4.78 is 175. The third-order valence-corrected chi connectivity index (χ3v) is 27.0. The van der Waals surface area contributed by atoms with Gasteiger partial charge in [-0.3, -0.25) is 28.8 Å². The molecule has 2 aliphatic rings. The van der Waals surface area contributed by atoms with Gasteiger partial charge in [0.2, 0.25) is 32.6 Å². The topological polar surface area (TPSA) is 436 Å². The Hall–Kier alpha value is -16.6. The van der Waals surface area contributed by atoms with E-state index in [0.717, 1.165) is 68.6 Å². The molecule has 31 nitrogen and oxygen atoms in total. The fraction of sp³-hybridized carbons (Fsp3) is 0.111.